The molecule has 1 saturated carbocycles. The SMILES string of the molecule is C[C@H](c1nc(CC(=O)NC2CCCCC2)no1)N(C)CC(F)(F)F. The van der Waals surface area contributed by atoms with E-state index in [1.54, 1.807) is 6.92 Å². The summed E-state index contributed by atoms with van der Waals surface area (Å²) in [6, 6.07) is -0.497. The number of carbonyl (C=O) groups is 1. The van der Waals surface area contributed by atoms with Crippen molar-refractivity contribution in [2.75, 3.05) is 13.6 Å². The molecule has 1 amide bonds. The van der Waals surface area contributed by atoms with E-state index in [2.05, 4.69) is 15.5 Å². The number of nitrogens with zero attached hydrogens (tertiary/aromatic N) is 3. The van der Waals surface area contributed by atoms with E-state index in [-0.39, 0.29) is 30.1 Å². The summed E-state index contributed by atoms with van der Waals surface area (Å²) in [4.78, 5) is 17.1. The zero-order valence-electron chi connectivity index (χ0n) is 13.9. The molecule has 0 spiro atoms. The fourth-order valence-electron chi connectivity index (χ4n) is 2.79. The third-order valence-electron chi connectivity index (χ3n) is 4.22. The topological polar surface area (TPSA) is 71.3 Å². The van der Waals surface area contributed by atoms with Gasteiger partial charge in [-0.25, -0.2) is 0 Å². The maximum Gasteiger partial charge on any atom is 0.401 e. The molecular weight excluding hydrogens is 325 g/mol. The van der Waals surface area contributed by atoms with E-state index < -0.39 is 18.8 Å². The fraction of sp³-hybridized carbons (Fsp3) is 0.800. The van der Waals surface area contributed by atoms with Crippen LogP contribution in [0.5, 0.6) is 0 Å². The number of carbonyl (C=O) groups excluding carboxylic acids is 1. The lowest BCUT2D eigenvalue weighted by molar-refractivity contribution is -0.147. The molecule has 9 heteroatoms. The van der Waals surface area contributed by atoms with Crippen molar-refractivity contribution in [2.45, 2.75) is 63.7 Å². The lowest BCUT2D eigenvalue weighted by Crippen LogP contribution is -2.37. The molecule has 1 aromatic heterocycles. The highest BCUT2D eigenvalue weighted by Crippen LogP contribution is 2.23. The van der Waals surface area contributed by atoms with Gasteiger partial charge in [0.1, 0.15) is 0 Å². The molecule has 24 heavy (non-hydrogen) atoms. The molecule has 1 aliphatic rings. The number of alkyl halides is 3. The lowest BCUT2D eigenvalue weighted by atomic mass is 9.95. The molecule has 1 heterocycles. The number of halogens is 3. The van der Waals surface area contributed by atoms with E-state index in [9.17, 15) is 18.0 Å². The Kier molecular flexibility index (Phi) is 6.20. The largest absolute Gasteiger partial charge is 0.401 e. The molecule has 2 rings (SSSR count). The Morgan fingerprint density at radius 3 is 2.67 bits per heavy atom. The van der Waals surface area contributed by atoms with Gasteiger partial charge in [0, 0.05) is 6.04 Å². The monoisotopic (exact) mass is 348 g/mol. The van der Waals surface area contributed by atoms with E-state index in [4.69, 9.17) is 4.52 Å². The maximum atomic E-state index is 12.4. The van der Waals surface area contributed by atoms with Crippen molar-refractivity contribution in [3.05, 3.63) is 11.7 Å². The zero-order chi connectivity index (χ0) is 17.7. The van der Waals surface area contributed by atoms with E-state index in [0.29, 0.717) is 0 Å². The van der Waals surface area contributed by atoms with Gasteiger partial charge in [0.2, 0.25) is 11.8 Å². The maximum absolute atomic E-state index is 12.4. The summed E-state index contributed by atoms with van der Waals surface area (Å²) in [7, 11) is 1.33. The number of hydrogen-bond acceptors (Lipinski definition) is 5. The minimum Gasteiger partial charge on any atom is -0.353 e. The van der Waals surface area contributed by atoms with Gasteiger partial charge in [0.15, 0.2) is 5.82 Å². The van der Waals surface area contributed by atoms with E-state index in [1.807, 2.05) is 0 Å². The van der Waals surface area contributed by atoms with Crippen molar-refractivity contribution in [1.82, 2.24) is 20.4 Å². The van der Waals surface area contributed by atoms with Crippen LogP contribution in [0.25, 0.3) is 0 Å². The summed E-state index contributed by atoms with van der Waals surface area (Å²) >= 11 is 0. The fourth-order valence-corrected chi connectivity index (χ4v) is 2.79. The standard InChI is InChI=1S/C15H23F3N4O2/c1-10(22(2)9-15(16,17)18)14-20-12(21-24-14)8-13(23)19-11-6-4-3-5-7-11/h10-11H,3-9H2,1-2H3,(H,19,23)/t10-/m1/s1. The van der Waals surface area contributed by atoms with Crippen LogP contribution in [0.3, 0.4) is 0 Å². The minimum absolute atomic E-state index is 0.0320. The van der Waals surface area contributed by atoms with Gasteiger partial charge in [0.25, 0.3) is 0 Å². The Hall–Kier alpha value is -1.64. The van der Waals surface area contributed by atoms with E-state index >= 15 is 0 Å². The molecule has 136 valence electrons. The minimum atomic E-state index is -4.30. The molecule has 0 radical (unpaired) electrons. The van der Waals surface area contributed by atoms with Gasteiger partial charge >= 0.3 is 6.18 Å². The first-order valence-corrected chi connectivity index (χ1v) is 8.13. The molecule has 6 nitrogen and oxygen atoms in total. The van der Waals surface area contributed by atoms with Crippen LogP contribution in [0, 0.1) is 0 Å². The van der Waals surface area contributed by atoms with Crippen LogP contribution >= 0.6 is 0 Å². The van der Waals surface area contributed by atoms with Gasteiger partial charge < -0.3 is 9.84 Å². The molecule has 1 fully saturated rings. The van der Waals surface area contributed by atoms with Crippen LogP contribution in [0.4, 0.5) is 13.2 Å². The zero-order valence-corrected chi connectivity index (χ0v) is 13.9. The predicted octanol–water partition coefficient (Wildman–Crippen LogP) is 2.62. The second-order valence-corrected chi connectivity index (χ2v) is 6.33. The molecule has 0 unspecified atom stereocenters. The average molecular weight is 348 g/mol. The van der Waals surface area contributed by atoms with Crippen LogP contribution in [0.15, 0.2) is 4.52 Å². The lowest BCUT2D eigenvalue weighted by Gasteiger charge is -2.22. The Morgan fingerprint density at radius 2 is 2.04 bits per heavy atom. The molecule has 1 aliphatic carbocycles. The Morgan fingerprint density at radius 1 is 1.38 bits per heavy atom. The smallest absolute Gasteiger partial charge is 0.353 e. The molecule has 0 bridgehead atoms. The highest BCUT2D eigenvalue weighted by molar-refractivity contribution is 5.78. The molecule has 1 atom stereocenters. The van der Waals surface area contributed by atoms with E-state index in [1.165, 1.54) is 13.5 Å². The highest BCUT2D eigenvalue weighted by atomic mass is 19.4. The summed E-state index contributed by atoms with van der Waals surface area (Å²) < 4.78 is 42.3. The summed E-state index contributed by atoms with van der Waals surface area (Å²) in [5.74, 6) is 0.0679. The van der Waals surface area contributed by atoms with Crippen molar-refractivity contribution in [2.24, 2.45) is 0 Å². The van der Waals surface area contributed by atoms with Gasteiger partial charge in [-0.3, -0.25) is 9.69 Å². The number of amides is 1. The second-order valence-electron chi connectivity index (χ2n) is 6.33. The second kappa shape index (κ2) is 7.96. The number of aromatic nitrogens is 2. The first-order valence-electron chi connectivity index (χ1n) is 8.13. The molecule has 0 saturated heterocycles. The van der Waals surface area contributed by atoms with Gasteiger partial charge in [-0.2, -0.15) is 18.2 Å². The quantitative estimate of drug-likeness (QED) is 0.856. The van der Waals surface area contributed by atoms with Gasteiger partial charge in [-0.15, -0.1) is 0 Å². The molecule has 1 N–H and O–H groups in total. The average Bonchev–Trinajstić information content (AvgIpc) is 2.94. The van der Waals surface area contributed by atoms with Gasteiger partial charge in [0.05, 0.1) is 19.0 Å². The van der Waals surface area contributed by atoms with Crippen LogP contribution in [0.1, 0.15) is 56.8 Å². The third kappa shape index (κ3) is 5.77. The summed E-state index contributed by atoms with van der Waals surface area (Å²) in [6.45, 7) is 0.471. The predicted molar refractivity (Wildman–Crippen MR) is 80.1 cm³/mol. The number of rotatable bonds is 6. The molecular formula is C15H23F3N4O2. The molecule has 0 aliphatic heterocycles. The Balaban J connectivity index is 1.86. The van der Waals surface area contributed by atoms with Crippen molar-refractivity contribution in [3.8, 4) is 0 Å². The van der Waals surface area contributed by atoms with E-state index in [0.717, 1.165) is 30.6 Å². The van der Waals surface area contributed by atoms with Crippen LogP contribution in [0.2, 0.25) is 0 Å². The number of hydrogen-bond donors (Lipinski definition) is 1. The Bertz CT molecular complexity index is 541. The molecule has 1 aromatic rings. The normalized spacial score (nSPS) is 17.9. The van der Waals surface area contributed by atoms with Crippen LogP contribution in [-0.4, -0.2) is 46.8 Å². The first-order chi connectivity index (χ1) is 11.2. The first kappa shape index (κ1) is 18.7. The van der Waals surface area contributed by atoms with Crippen molar-refractivity contribution in [3.63, 3.8) is 0 Å². The summed E-state index contributed by atoms with van der Waals surface area (Å²) in [5, 5.41) is 6.63. The van der Waals surface area contributed by atoms with Crippen molar-refractivity contribution >= 4 is 5.91 Å². The van der Waals surface area contributed by atoms with Gasteiger partial charge in [-0.05, 0) is 26.8 Å². The molecule has 0 aromatic carbocycles. The van der Waals surface area contributed by atoms with Crippen molar-refractivity contribution in [1.29, 1.82) is 0 Å². The number of nitrogens with one attached hydrogen (secondary N) is 1. The highest BCUT2D eigenvalue weighted by Gasteiger charge is 2.32. The summed E-state index contributed by atoms with van der Waals surface area (Å²) in [5.41, 5.74) is 0. The van der Waals surface area contributed by atoms with Crippen LogP contribution < -0.4 is 5.32 Å². The van der Waals surface area contributed by atoms with Crippen molar-refractivity contribution < 1.29 is 22.5 Å². The van der Waals surface area contributed by atoms with Gasteiger partial charge in [-0.1, -0.05) is 24.4 Å². The third-order valence-corrected chi connectivity index (χ3v) is 4.22. The van der Waals surface area contributed by atoms with Crippen LogP contribution in [-0.2, 0) is 11.2 Å². The summed E-state index contributed by atoms with van der Waals surface area (Å²) in [6.07, 6.45) is 1.04. The Labute approximate surface area is 138 Å².